The molecule has 2 N–H and O–H groups in total. The first kappa shape index (κ1) is 8.39. The summed E-state index contributed by atoms with van der Waals surface area (Å²) in [5, 5.41) is 6.46. The van der Waals surface area contributed by atoms with Gasteiger partial charge in [0.1, 0.15) is 17.6 Å². The number of hydrogen-bond donors (Lipinski definition) is 2. The third kappa shape index (κ3) is 1.86. The van der Waals surface area contributed by atoms with Gasteiger partial charge in [-0.2, -0.15) is 0 Å². The Morgan fingerprint density at radius 2 is 2.36 bits per heavy atom. The maximum Gasteiger partial charge on any atom is 0.334 e. The Balaban J connectivity index is 2.87. The minimum atomic E-state index is -4.11. The van der Waals surface area contributed by atoms with Gasteiger partial charge >= 0.3 is 7.60 Å². The molecule has 0 bridgehead atoms. The lowest BCUT2D eigenvalue weighted by atomic mass is 10.4. The predicted molar refractivity (Wildman–Crippen MR) is 34.8 cm³/mol. The van der Waals surface area contributed by atoms with Gasteiger partial charge in [-0.05, 0) is 6.92 Å². The van der Waals surface area contributed by atoms with Gasteiger partial charge < -0.3 is 14.3 Å². The second-order valence-corrected chi connectivity index (χ2v) is 4.05. The molecule has 11 heavy (non-hydrogen) atoms. The van der Waals surface area contributed by atoms with Crippen LogP contribution >= 0.6 is 7.60 Å². The van der Waals surface area contributed by atoms with Crippen molar-refractivity contribution in [3.05, 3.63) is 12.0 Å². The van der Waals surface area contributed by atoms with Crippen LogP contribution in [0.15, 0.2) is 10.8 Å². The van der Waals surface area contributed by atoms with E-state index in [1.54, 1.807) is 0 Å². The smallest absolute Gasteiger partial charge is 0.334 e. The summed E-state index contributed by atoms with van der Waals surface area (Å²) < 4.78 is 14.9. The fourth-order valence-corrected chi connectivity index (χ4v) is 0.983. The number of hydrogen-bond acceptors (Lipinski definition) is 4. The fourth-order valence-electron chi connectivity index (χ4n) is 0.526. The van der Waals surface area contributed by atoms with Crippen LogP contribution in [0.3, 0.4) is 0 Å². The van der Waals surface area contributed by atoms with Gasteiger partial charge in [0.2, 0.25) is 0 Å². The molecule has 7 heteroatoms. The molecule has 0 aliphatic rings. The highest BCUT2D eigenvalue weighted by molar-refractivity contribution is 7.52. The summed E-state index contributed by atoms with van der Waals surface area (Å²) in [6.07, 6.45) is 1.11. The van der Waals surface area contributed by atoms with Crippen molar-refractivity contribution >= 4 is 7.60 Å². The first-order valence-electron chi connectivity index (χ1n) is 2.84. The topological polar surface area (TPSA) is 96.5 Å². The van der Waals surface area contributed by atoms with E-state index in [9.17, 15) is 4.57 Å². The molecule has 1 heterocycles. The lowest BCUT2D eigenvalue weighted by Crippen LogP contribution is -1.94. The molecule has 0 amide bonds. The molecule has 1 atom stereocenters. The van der Waals surface area contributed by atoms with Crippen molar-refractivity contribution in [2.75, 3.05) is 0 Å². The minimum Gasteiger partial charge on any atom is -0.345 e. The third-order valence-corrected chi connectivity index (χ3v) is 2.58. The van der Waals surface area contributed by atoms with Crippen LogP contribution in [0.5, 0.6) is 0 Å². The summed E-state index contributed by atoms with van der Waals surface area (Å²) in [4.78, 5) is 17.3. The van der Waals surface area contributed by atoms with Gasteiger partial charge in [-0.15, -0.1) is 5.10 Å². The van der Waals surface area contributed by atoms with E-state index in [0.717, 1.165) is 6.26 Å². The maximum absolute atomic E-state index is 10.6. The molecule has 0 saturated heterocycles. The molecular weight excluding hydrogens is 171 g/mol. The summed E-state index contributed by atoms with van der Waals surface area (Å²) in [7, 11) is -4.11. The Bertz CT molecular complexity index is 266. The van der Waals surface area contributed by atoms with E-state index in [1.165, 1.54) is 6.92 Å². The lowest BCUT2D eigenvalue weighted by molar-refractivity contribution is 0.360. The highest BCUT2D eigenvalue weighted by atomic mass is 31.2. The zero-order valence-electron chi connectivity index (χ0n) is 5.71. The van der Waals surface area contributed by atoms with Gasteiger partial charge in [-0.3, -0.25) is 4.57 Å². The second-order valence-electron chi connectivity index (χ2n) is 2.09. The van der Waals surface area contributed by atoms with Crippen LogP contribution in [-0.2, 0) is 4.57 Å². The van der Waals surface area contributed by atoms with Gasteiger partial charge in [0.05, 0.1) is 0 Å². The van der Waals surface area contributed by atoms with Crippen LogP contribution in [0.4, 0.5) is 0 Å². The molecule has 0 radical (unpaired) electrons. The highest BCUT2D eigenvalue weighted by Gasteiger charge is 2.28. The lowest BCUT2D eigenvalue weighted by Gasteiger charge is -2.07. The van der Waals surface area contributed by atoms with Crippen molar-refractivity contribution in [3.63, 3.8) is 0 Å². The van der Waals surface area contributed by atoms with Gasteiger partial charge in [0.15, 0.2) is 0 Å². The summed E-state index contributed by atoms with van der Waals surface area (Å²) in [5.74, 6) is 0. The van der Waals surface area contributed by atoms with E-state index in [-0.39, 0.29) is 5.69 Å². The average Bonchev–Trinajstić information content (AvgIpc) is 2.34. The summed E-state index contributed by atoms with van der Waals surface area (Å²) in [6.45, 7) is 1.36. The Morgan fingerprint density at radius 3 is 2.73 bits per heavy atom. The molecule has 1 aromatic heterocycles. The quantitative estimate of drug-likeness (QED) is 0.632. The molecule has 1 aromatic rings. The molecule has 0 aliphatic heterocycles. The number of aromatic nitrogens is 2. The van der Waals surface area contributed by atoms with Crippen LogP contribution < -0.4 is 0 Å². The number of nitrogens with zero attached hydrogens (tertiary/aromatic N) is 2. The van der Waals surface area contributed by atoms with Gasteiger partial charge in [-0.1, -0.05) is 0 Å². The molecular formula is C4H7N2O4P. The fraction of sp³-hybridized carbons (Fsp3) is 0.500. The second kappa shape index (κ2) is 2.73. The molecule has 1 unspecified atom stereocenters. The van der Waals surface area contributed by atoms with Crippen molar-refractivity contribution in [1.82, 2.24) is 10.4 Å². The zero-order chi connectivity index (χ0) is 8.48. The Morgan fingerprint density at radius 1 is 1.73 bits per heavy atom. The zero-order valence-corrected chi connectivity index (χ0v) is 6.60. The van der Waals surface area contributed by atoms with Crippen LogP contribution in [0.2, 0.25) is 0 Å². The Labute approximate surface area is 62.4 Å². The largest absolute Gasteiger partial charge is 0.345 e. The average molecular weight is 178 g/mol. The SMILES string of the molecule is CC(c1conn1)P(=O)(O)O. The van der Waals surface area contributed by atoms with Crippen molar-refractivity contribution in [2.45, 2.75) is 12.6 Å². The first-order valence-corrected chi connectivity index (χ1v) is 4.52. The maximum atomic E-state index is 10.6. The molecule has 0 fully saturated rings. The van der Waals surface area contributed by atoms with E-state index < -0.39 is 13.3 Å². The predicted octanol–water partition coefficient (Wildman–Crippen LogP) is 0.308. The van der Waals surface area contributed by atoms with Crippen LogP contribution in [0.25, 0.3) is 0 Å². The third-order valence-electron chi connectivity index (χ3n) is 1.31. The van der Waals surface area contributed by atoms with Crippen LogP contribution in [0, 0.1) is 0 Å². The molecule has 0 aliphatic carbocycles. The Hall–Kier alpha value is -0.710. The van der Waals surface area contributed by atoms with E-state index >= 15 is 0 Å². The van der Waals surface area contributed by atoms with E-state index in [1.807, 2.05) is 0 Å². The van der Waals surface area contributed by atoms with E-state index in [2.05, 4.69) is 14.9 Å². The van der Waals surface area contributed by atoms with Gasteiger partial charge in [0.25, 0.3) is 0 Å². The normalized spacial score (nSPS) is 14.8. The summed E-state index contributed by atoms with van der Waals surface area (Å²) >= 11 is 0. The summed E-state index contributed by atoms with van der Waals surface area (Å²) in [5.41, 5.74) is -0.785. The Kier molecular flexibility index (Phi) is 2.08. The minimum absolute atomic E-state index is 0.165. The molecule has 0 saturated carbocycles. The molecule has 6 nitrogen and oxygen atoms in total. The van der Waals surface area contributed by atoms with Crippen LogP contribution in [-0.4, -0.2) is 20.2 Å². The first-order chi connectivity index (χ1) is 5.02. The summed E-state index contributed by atoms with van der Waals surface area (Å²) in [6, 6.07) is 0. The van der Waals surface area contributed by atoms with E-state index in [4.69, 9.17) is 9.79 Å². The number of rotatable bonds is 2. The van der Waals surface area contributed by atoms with Crippen LogP contribution in [0.1, 0.15) is 18.3 Å². The molecule has 62 valence electrons. The van der Waals surface area contributed by atoms with Gasteiger partial charge in [0, 0.05) is 5.27 Å². The van der Waals surface area contributed by atoms with Crippen molar-refractivity contribution in [3.8, 4) is 0 Å². The van der Waals surface area contributed by atoms with Gasteiger partial charge in [-0.25, -0.2) is 0 Å². The standard InChI is InChI=1S/C4H7N2O4P/c1-3(11(7,8)9)4-2-10-6-5-4/h2-3H,1H3,(H2,7,8,9). The van der Waals surface area contributed by atoms with Crippen molar-refractivity contribution in [1.29, 1.82) is 0 Å². The van der Waals surface area contributed by atoms with Crippen molar-refractivity contribution in [2.24, 2.45) is 0 Å². The molecule has 1 rings (SSSR count). The van der Waals surface area contributed by atoms with E-state index in [0.29, 0.717) is 0 Å². The molecule has 0 spiro atoms. The van der Waals surface area contributed by atoms with Crippen molar-refractivity contribution < 1.29 is 18.9 Å². The monoisotopic (exact) mass is 178 g/mol. The molecule has 0 aromatic carbocycles. The highest BCUT2D eigenvalue weighted by Crippen LogP contribution is 2.50.